The zero-order valence-electron chi connectivity index (χ0n) is 10.00. The third-order valence-electron chi connectivity index (χ3n) is 3.47. The lowest BCUT2D eigenvalue weighted by Gasteiger charge is -2.32. The SMILES string of the molecule is CC1COCCC1C(O)c1cc(Cl)c(Br)cc1F. The van der Waals surface area contributed by atoms with Crippen LogP contribution in [0.25, 0.3) is 0 Å². The highest BCUT2D eigenvalue weighted by Gasteiger charge is 2.31. The third kappa shape index (κ3) is 2.87. The van der Waals surface area contributed by atoms with Gasteiger partial charge in [0.05, 0.1) is 11.1 Å². The van der Waals surface area contributed by atoms with E-state index in [0.717, 1.165) is 6.42 Å². The van der Waals surface area contributed by atoms with Crippen LogP contribution in [0, 0.1) is 17.7 Å². The summed E-state index contributed by atoms with van der Waals surface area (Å²) in [5, 5.41) is 10.7. The van der Waals surface area contributed by atoms with E-state index >= 15 is 0 Å². The van der Waals surface area contributed by atoms with Crippen molar-refractivity contribution >= 4 is 27.5 Å². The quantitative estimate of drug-likeness (QED) is 0.828. The molecule has 1 heterocycles. The third-order valence-corrected chi connectivity index (χ3v) is 4.67. The van der Waals surface area contributed by atoms with Gasteiger partial charge in [-0.1, -0.05) is 18.5 Å². The molecule has 1 aromatic carbocycles. The standard InChI is InChI=1S/C13H15BrClFO2/c1-7-6-18-3-2-8(7)13(17)9-4-11(15)10(14)5-12(9)16/h4-5,7-8,13,17H,2-3,6H2,1H3. The lowest BCUT2D eigenvalue weighted by atomic mass is 9.82. The average Bonchev–Trinajstić information content (AvgIpc) is 2.33. The predicted octanol–water partition coefficient (Wildman–Crippen LogP) is 3.95. The average molecular weight is 338 g/mol. The first-order chi connectivity index (χ1) is 8.50. The molecule has 5 heteroatoms. The van der Waals surface area contributed by atoms with Gasteiger partial charge in [0, 0.05) is 23.2 Å². The molecule has 2 nitrogen and oxygen atoms in total. The highest BCUT2D eigenvalue weighted by atomic mass is 79.9. The van der Waals surface area contributed by atoms with Crippen LogP contribution in [0.5, 0.6) is 0 Å². The molecule has 1 aliphatic rings. The minimum absolute atomic E-state index is 0.00509. The van der Waals surface area contributed by atoms with Crippen molar-refractivity contribution in [2.45, 2.75) is 19.4 Å². The molecule has 1 saturated heterocycles. The predicted molar refractivity (Wildman–Crippen MR) is 72.2 cm³/mol. The van der Waals surface area contributed by atoms with Gasteiger partial charge >= 0.3 is 0 Å². The van der Waals surface area contributed by atoms with Gasteiger partial charge in [0.15, 0.2) is 0 Å². The Morgan fingerprint density at radius 2 is 2.28 bits per heavy atom. The van der Waals surface area contributed by atoms with Crippen molar-refractivity contribution in [2.24, 2.45) is 11.8 Å². The number of aliphatic hydroxyl groups excluding tert-OH is 1. The van der Waals surface area contributed by atoms with Crippen molar-refractivity contribution in [1.82, 2.24) is 0 Å². The summed E-state index contributed by atoms with van der Waals surface area (Å²) in [6.45, 7) is 3.22. The molecule has 3 atom stereocenters. The highest BCUT2D eigenvalue weighted by molar-refractivity contribution is 9.10. The second kappa shape index (κ2) is 5.87. The molecule has 18 heavy (non-hydrogen) atoms. The molecule has 0 radical (unpaired) electrons. The fourth-order valence-corrected chi connectivity index (χ4v) is 2.85. The Morgan fingerprint density at radius 1 is 1.56 bits per heavy atom. The van der Waals surface area contributed by atoms with E-state index in [9.17, 15) is 9.50 Å². The van der Waals surface area contributed by atoms with E-state index in [1.807, 2.05) is 6.92 Å². The van der Waals surface area contributed by atoms with Crippen molar-refractivity contribution in [2.75, 3.05) is 13.2 Å². The van der Waals surface area contributed by atoms with Crippen LogP contribution >= 0.6 is 27.5 Å². The lowest BCUT2D eigenvalue weighted by Crippen LogP contribution is -2.30. The second-order valence-electron chi connectivity index (χ2n) is 4.74. The summed E-state index contributed by atoms with van der Waals surface area (Å²) in [5.74, 6) is -0.224. The van der Waals surface area contributed by atoms with Crippen LogP contribution in [0.2, 0.25) is 5.02 Å². The maximum Gasteiger partial charge on any atom is 0.130 e. The van der Waals surface area contributed by atoms with E-state index in [4.69, 9.17) is 16.3 Å². The molecule has 1 aromatic rings. The Hall–Kier alpha value is -0.160. The molecule has 3 unspecified atom stereocenters. The number of ether oxygens (including phenoxy) is 1. The molecular weight excluding hydrogens is 322 g/mol. The fourth-order valence-electron chi connectivity index (χ4n) is 2.36. The van der Waals surface area contributed by atoms with E-state index in [0.29, 0.717) is 22.7 Å². The van der Waals surface area contributed by atoms with E-state index in [1.165, 1.54) is 12.1 Å². The second-order valence-corrected chi connectivity index (χ2v) is 6.00. The molecule has 0 saturated carbocycles. The Bertz CT molecular complexity index is 441. The van der Waals surface area contributed by atoms with Crippen molar-refractivity contribution < 1.29 is 14.2 Å². The summed E-state index contributed by atoms with van der Waals surface area (Å²) >= 11 is 9.12. The molecule has 0 amide bonds. The normalized spacial score (nSPS) is 26.1. The summed E-state index contributed by atoms with van der Waals surface area (Å²) in [6.07, 6.45) is -0.107. The molecular formula is C13H15BrClFO2. The van der Waals surface area contributed by atoms with Gasteiger partial charge in [0.25, 0.3) is 0 Å². The number of halogens is 3. The molecule has 0 aromatic heterocycles. The first-order valence-electron chi connectivity index (χ1n) is 5.91. The van der Waals surface area contributed by atoms with Gasteiger partial charge in [-0.2, -0.15) is 0 Å². The Balaban J connectivity index is 2.27. The lowest BCUT2D eigenvalue weighted by molar-refractivity contribution is -0.0320. The smallest absolute Gasteiger partial charge is 0.130 e. The molecule has 0 bridgehead atoms. The summed E-state index contributed by atoms with van der Waals surface area (Å²) in [6, 6.07) is 2.79. The van der Waals surface area contributed by atoms with Crippen molar-refractivity contribution in [3.63, 3.8) is 0 Å². The van der Waals surface area contributed by atoms with E-state index in [1.54, 1.807) is 0 Å². The van der Waals surface area contributed by atoms with E-state index in [-0.39, 0.29) is 17.4 Å². The highest BCUT2D eigenvalue weighted by Crippen LogP contribution is 2.37. The van der Waals surface area contributed by atoms with E-state index < -0.39 is 11.9 Å². The summed E-state index contributed by atoms with van der Waals surface area (Å²) < 4.78 is 19.7. The van der Waals surface area contributed by atoms with Crippen molar-refractivity contribution in [1.29, 1.82) is 0 Å². The molecule has 100 valence electrons. The number of hydrogen-bond donors (Lipinski definition) is 1. The van der Waals surface area contributed by atoms with Crippen LogP contribution in [0.15, 0.2) is 16.6 Å². The molecule has 1 fully saturated rings. The maximum atomic E-state index is 13.9. The van der Waals surface area contributed by atoms with Crippen LogP contribution in [-0.2, 0) is 4.74 Å². The van der Waals surface area contributed by atoms with Gasteiger partial charge in [0.1, 0.15) is 5.82 Å². The first-order valence-corrected chi connectivity index (χ1v) is 7.08. The topological polar surface area (TPSA) is 29.5 Å². The molecule has 2 rings (SSSR count). The van der Waals surface area contributed by atoms with Crippen molar-refractivity contribution in [3.8, 4) is 0 Å². The maximum absolute atomic E-state index is 13.9. The van der Waals surface area contributed by atoms with Crippen LogP contribution in [-0.4, -0.2) is 18.3 Å². The summed E-state index contributed by atoms with van der Waals surface area (Å²) in [5.41, 5.74) is 0.266. The van der Waals surface area contributed by atoms with Crippen LogP contribution in [0.1, 0.15) is 25.0 Å². The Kier molecular flexibility index (Phi) is 4.64. The van der Waals surface area contributed by atoms with Gasteiger partial charge < -0.3 is 9.84 Å². The van der Waals surface area contributed by atoms with Crippen molar-refractivity contribution in [3.05, 3.63) is 33.0 Å². The largest absolute Gasteiger partial charge is 0.388 e. The number of benzene rings is 1. The monoisotopic (exact) mass is 336 g/mol. The number of hydrogen-bond acceptors (Lipinski definition) is 2. The molecule has 1 aliphatic heterocycles. The van der Waals surface area contributed by atoms with Gasteiger partial charge in [-0.3, -0.25) is 0 Å². The van der Waals surface area contributed by atoms with Gasteiger partial charge in [-0.25, -0.2) is 4.39 Å². The van der Waals surface area contributed by atoms with Gasteiger partial charge in [-0.05, 0) is 46.3 Å². The fraction of sp³-hybridized carbons (Fsp3) is 0.538. The summed E-state index contributed by atoms with van der Waals surface area (Å²) in [4.78, 5) is 0. The van der Waals surface area contributed by atoms with E-state index in [2.05, 4.69) is 15.9 Å². The minimum Gasteiger partial charge on any atom is -0.388 e. The Morgan fingerprint density at radius 3 is 2.94 bits per heavy atom. The summed E-state index contributed by atoms with van der Waals surface area (Å²) in [7, 11) is 0. The van der Waals surface area contributed by atoms with Crippen LogP contribution in [0.3, 0.4) is 0 Å². The molecule has 0 aliphatic carbocycles. The van der Waals surface area contributed by atoms with Gasteiger partial charge in [0.2, 0.25) is 0 Å². The van der Waals surface area contributed by atoms with Crippen LogP contribution < -0.4 is 0 Å². The molecule has 1 N–H and O–H groups in total. The van der Waals surface area contributed by atoms with Crippen LogP contribution in [0.4, 0.5) is 4.39 Å². The zero-order chi connectivity index (χ0) is 13.3. The number of rotatable bonds is 2. The first kappa shape index (κ1) is 14.3. The minimum atomic E-state index is -0.838. The zero-order valence-corrected chi connectivity index (χ0v) is 12.3. The molecule has 0 spiro atoms. The number of aliphatic hydroxyl groups is 1. The van der Waals surface area contributed by atoms with Gasteiger partial charge in [-0.15, -0.1) is 0 Å². The Labute approximate surface area is 119 Å².